The fourth-order valence-electron chi connectivity index (χ4n) is 3.05. The molecule has 17 heavy (non-hydrogen) atoms. The van der Waals surface area contributed by atoms with Gasteiger partial charge in [0, 0.05) is 5.56 Å². The lowest BCUT2D eigenvalue weighted by molar-refractivity contribution is 0.307. The molecule has 0 bridgehead atoms. The third-order valence-electron chi connectivity index (χ3n) is 3.95. The van der Waals surface area contributed by atoms with Gasteiger partial charge in [0.05, 0.1) is 10.0 Å². The van der Waals surface area contributed by atoms with Crippen LogP contribution in [-0.2, 0) is 5.54 Å². The Morgan fingerprint density at radius 1 is 1.29 bits per heavy atom. The van der Waals surface area contributed by atoms with Gasteiger partial charge in [0.25, 0.3) is 0 Å². The first kappa shape index (κ1) is 11.6. The molecule has 0 spiro atoms. The van der Waals surface area contributed by atoms with Crippen molar-refractivity contribution >= 4 is 15.9 Å². The molecule has 1 N–H and O–H groups in total. The second kappa shape index (κ2) is 4.02. The zero-order valence-corrected chi connectivity index (χ0v) is 11.0. The maximum atomic E-state index is 14.2. The molecule has 0 aromatic heterocycles. The molecule has 1 aliphatic carbocycles. The summed E-state index contributed by atoms with van der Waals surface area (Å²) in [6.07, 6.45) is 3.96. The Labute approximate surface area is 108 Å². The molecule has 0 radical (unpaired) electrons. The molecule has 92 valence electrons. The van der Waals surface area contributed by atoms with Crippen LogP contribution in [-0.4, -0.2) is 6.54 Å². The minimum absolute atomic E-state index is 0.242. The standard InChI is InChI=1S/C13H14BrF2N/c14-9-4-5-10(15)11(12(9)16)13(8-2-3-8)6-1-7-17-13/h4-5,8,17H,1-3,6-7H2. The molecule has 2 fully saturated rings. The van der Waals surface area contributed by atoms with E-state index in [0.717, 1.165) is 32.2 Å². The van der Waals surface area contributed by atoms with E-state index in [1.807, 2.05) is 0 Å². The van der Waals surface area contributed by atoms with Crippen LogP contribution in [0.1, 0.15) is 31.2 Å². The maximum Gasteiger partial charge on any atom is 0.145 e. The summed E-state index contributed by atoms with van der Waals surface area (Å²) in [6, 6.07) is 2.79. The molecule has 1 saturated carbocycles. The summed E-state index contributed by atoms with van der Waals surface area (Å²) in [5, 5.41) is 3.36. The van der Waals surface area contributed by atoms with E-state index in [9.17, 15) is 8.78 Å². The fraction of sp³-hybridized carbons (Fsp3) is 0.538. The van der Waals surface area contributed by atoms with Crippen LogP contribution in [0, 0.1) is 17.6 Å². The van der Waals surface area contributed by atoms with Gasteiger partial charge in [-0.15, -0.1) is 0 Å². The van der Waals surface area contributed by atoms with Gasteiger partial charge in [-0.3, -0.25) is 0 Å². The quantitative estimate of drug-likeness (QED) is 0.821. The van der Waals surface area contributed by atoms with E-state index in [1.54, 1.807) is 0 Å². The van der Waals surface area contributed by atoms with Crippen molar-refractivity contribution in [2.24, 2.45) is 5.92 Å². The predicted octanol–water partition coefficient (Wildman–Crippen LogP) is 3.72. The molecule has 1 nitrogen and oxygen atoms in total. The SMILES string of the molecule is Fc1ccc(Br)c(F)c1C1(C2CC2)CCCN1. The normalized spacial score (nSPS) is 28.6. The minimum atomic E-state index is -0.460. The Hall–Kier alpha value is -0.480. The van der Waals surface area contributed by atoms with Crippen LogP contribution in [0.5, 0.6) is 0 Å². The molecular weight excluding hydrogens is 288 g/mol. The average molecular weight is 302 g/mol. The molecule has 1 saturated heterocycles. The second-order valence-corrected chi connectivity index (χ2v) is 5.85. The van der Waals surface area contributed by atoms with E-state index < -0.39 is 17.2 Å². The summed E-state index contributed by atoms with van der Waals surface area (Å²) < 4.78 is 28.6. The van der Waals surface area contributed by atoms with E-state index >= 15 is 0 Å². The Kier molecular flexibility index (Phi) is 2.75. The lowest BCUT2D eigenvalue weighted by atomic mass is 9.83. The highest BCUT2D eigenvalue weighted by molar-refractivity contribution is 9.10. The van der Waals surface area contributed by atoms with Crippen LogP contribution in [0.2, 0.25) is 0 Å². The first-order valence-corrected chi connectivity index (χ1v) is 6.83. The van der Waals surface area contributed by atoms with E-state index in [-0.39, 0.29) is 5.56 Å². The highest BCUT2D eigenvalue weighted by Crippen LogP contribution is 2.51. The molecule has 4 heteroatoms. The summed E-state index contributed by atoms with van der Waals surface area (Å²) in [5.41, 5.74) is -0.218. The van der Waals surface area contributed by atoms with E-state index in [0.29, 0.717) is 10.4 Å². The van der Waals surface area contributed by atoms with Crippen LogP contribution in [0.25, 0.3) is 0 Å². The van der Waals surface area contributed by atoms with Crippen LogP contribution < -0.4 is 5.32 Å². The summed E-state index contributed by atoms with van der Waals surface area (Å²) in [6.45, 7) is 0.849. The summed E-state index contributed by atoms with van der Waals surface area (Å²) in [5.74, 6) is -0.471. The average Bonchev–Trinajstić information content (AvgIpc) is 3.06. The molecule has 1 unspecified atom stereocenters. The van der Waals surface area contributed by atoms with Gasteiger partial charge in [-0.2, -0.15) is 0 Å². The van der Waals surface area contributed by atoms with Crippen LogP contribution in [0.4, 0.5) is 8.78 Å². The van der Waals surface area contributed by atoms with Crippen molar-refractivity contribution in [2.45, 2.75) is 31.2 Å². The zero-order valence-electron chi connectivity index (χ0n) is 9.40. The molecule has 0 amide bonds. The number of rotatable bonds is 2. The summed E-state index contributed by atoms with van der Waals surface area (Å²) in [4.78, 5) is 0. The second-order valence-electron chi connectivity index (χ2n) is 4.99. The minimum Gasteiger partial charge on any atom is -0.307 e. The molecule has 2 aliphatic rings. The lowest BCUT2D eigenvalue weighted by Gasteiger charge is -2.31. The van der Waals surface area contributed by atoms with Crippen LogP contribution in [0.15, 0.2) is 16.6 Å². The molecule has 1 atom stereocenters. The highest BCUT2D eigenvalue weighted by atomic mass is 79.9. The predicted molar refractivity (Wildman–Crippen MR) is 65.7 cm³/mol. The van der Waals surface area contributed by atoms with E-state index in [4.69, 9.17) is 0 Å². The number of nitrogens with one attached hydrogen (secondary N) is 1. The summed E-state index contributed by atoms with van der Waals surface area (Å²) in [7, 11) is 0. The van der Waals surface area contributed by atoms with Gasteiger partial charge >= 0.3 is 0 Å². The van der Waals surface area contributed by atoms with E-state index in [1.165, 1.54) is 12.1 Å². The monoisotopic (exact) mass is 301 g/mol. The van der Waals surface area contributed by atoms with Gasteiger partial charge < -0.3 is 5.32 Å². The lowest BCUT2D eigenvalue weighted by Crippen LogP contribution is -2.40. The first-order valence-electron chi connectivity index (χ1n) is 6.04. The number of halogens is 3. The summed E-state index contributed by atoms with van der Waals surface area (Å²) >= 11 is 3.15. The molecule has 1 heterocycles. The van der Waals surface area contributed by atoms with Gasteiger partial charge in [-0.05, 0) is 66.2 Å². The Balaban J connectivity index is 2.16. The third kappa shape index (κ3) is 1.73. The fourth-order valence-corrected chi connectivity index (χ4v) is 3.38. The van der Waals surface area contributed by atoms with Crippen LogP contribution in [0.3, 0.4) is 0 Å². The topological polar surface area (TPSA) is 12.0 Å². The van der Waals surface area contributed by atoms with Crippen molar-refractivity contribution in [1.82, 2.24) is 5.32 Å². The van der Waals surface area contributed by atoms with Gasteiger partial charge in [-0.1, -0.05) is 0 Å². The van der Waals surface area contributed by atoms with Gasteiger partial charge in [0.15, 0.2) is 0 Å². The highest BCUT2D eigenvalue weighted by Gasteiger charge is 2.50. The number of hydrogen-bond acceptors (Lipinski definition) is 1. The smallest absolute Gasteiger partial charge is 0.145 e. The number of hydrogen-bond donors (Lipinski definition) is 1. The van der Waals surface area contributed by atoms with E-state index in [2.05, 4.69) is 21.2 Å². The van der Waals surface area contributed by atoms with Crippen molar-refractivity contribution in [1.29, 1.82) is 0 Å². The Bertz CT molecular complexity index is 451. The zero-order chi connectivity index (χ0) is 12.0. The number of benzene rings is 1. The Morgan fingerprint density at radius 3 is 2.65 bits per heavy atom. The largest absolute Gasteiger partial charge is 0.307 e. The van der Waals surface area contributed by atoms with Crippen molar-refractivity contribution < 1.29 is 8.78 Å². The van der Waals surface area contributed by atoms with Crippen LogP contribution >= 0.6 is 15.9 Å². The molecule has 1 aromatic carbocycles. The molecule has 3 rings (SSSR count). The van der Waals surface area contributed by atoms with Crippen molar-refractivity contribution in [3.63, 3.8) is 0 Å². The Morgan fingerprint density at radius 2 is 2.06 bits per heavy atom. The molecular formula is C13H14BrF2N. The van der Waals surface area contributed by atoms with Gasteiger partial charge in [-0.25, -0.2) is 8.78 Å². The van der Waals surface area contributed by atoms with Crippen molar-refractivity contribution in [3.05, 3.63) is 33.8 Å². The third-order valence-corrected chi connectivity index (χ3v) is 4.57. The van der Waals surface area contributed by atoms with Crippen molar-refractivity contribution in [3.8, 4) is 0 Å². The van der Waals surface area contributed by atoms with Crippen molar-refractivity contribution in [2.75, 3.05) is 6.54 Å². The van der Waals surface area contributed by atoms with Gasteiger partial charge in [0.2, 0.25) is 0 Å². The maximum absolute atomic E-state index is 14.2. The molecule has 1 aliphatic heterocycles. The van der Waals surface area contributed by atoms with Gasteiger partial charge in [0.1, 0.15) is 11.6 Å². The molecule has 1 aromatic rings. The first-order chi connectivity index (χ1) is 8.15.